The van der Waals surface area contributed by atoms with Crippen LogP contribution in [0.1, 0.15) is 13.3 Å². The molecule has 140 valence electrons. The Balaban J connectivity index is 1.76. The Labute approximate surface area is 163 Å². The van der Waals surface area contributed by atoms with Crippen molar-refractivity contribution in [1.82, 2.24) is 4.72 Å². The summed E-state index contributed by atoms with van der Waals surface area (Å²) in [6.07, 6.45) is -1.18. The maximum absolute atomic E-state index is 12.0. The van der Waals surface area contributed by atoms with Crippen LogP contribution >= 0.6 is 27.3 Å². The van der Waals surface area contributed by atoms with E-state index in [9.17, 15) is 18.0 Å². The van der Waals surface area contributed by atoms with Gasteiger partial charge in [-0.05, 0) is 42.6 Å². The predicted octanol–water partition coefficient (Wildman–Crippen LogP) is 2.75. The number of esters is 1. The quantitative estimate of drug-likeness (QED) is 0.589. The highest BCUT2D eigenvalue weighted by Crippen LogP contribution is 2.16. The molecule has 7 nitrogen and oxygen atoms in total. The molecule has 0 aliphatic rings. The zero-order chi connectivity index (χ0) is 19.2. The Morgan fingerprint density at radius 2 is 1.92 bits per heavy atom. The van der Waals surface area contributed by atoms with Crippen molar-refractivity contribution in [1.29, 1.82) is 0 Å². The maximum Gasteiger partial charge on any atom is 0.307 e. The van der Waals surface area contributed by atoms with Gasteiger partial charge in [0.25, 0.3) is 5.91 Å². The second-order valence-corrected chi connectivity index (χ2v) is 9.07. The van der Waals surface area contributed by atoms with Crippen molar-refractivity contribution in [3.63, 3.8) is 0 Å². The number of amides is 1. The Morgan fingerprint density at radius 3 is 2.54 bits per heavy atom. The molecule has 1 aromatic carbocycles. The number of carbonyl (C=O) groups is 2. The monoisotopic (exact) mass is 460 g/mol. The van der Waals surface area contributed by atoms with E-state index in [0.29, 0.717) is 5.69 Å². The fourth-order valence-electron chi connectivity index (χ4n) is 1.86. The molecule has 0 saturated carbocycles. The zero-order valence-electron chi connectivity index (χ0n) is 13.8. The Bertz CT molecular complexity index is 851. The minimum absolute atomic E-state index is 0.111. The van der Waals surface area contributed by atoms with Crippen molar-refractivity contribution in [2.45, 2.75) is 23.7 Å². The molecular weight excluding hydrogens is 444 g/mol. The van der Waals surface area contributed by atoms with Crippen molar-refractivity contribution < 1.29 is 22.7 Å². The summed E-state index contributed by atoms with van der Waals surface area (Å²) in [5, 5.41) is 4.27. The summed E-state index contributed by atoms with van der Waals surface area (Å²) < 4.78 is 32.2. The summed E-state index contributed by atoms with van der Waals surface area (Å²) in [5.74, 6) is -1.14. The van der Waals surface area contributed by atoms with Gasteiger partial charge in [0.05, 0.1) is 6.42 Å². The lowest BCUT2D eigenvalue weighted by molar-refractivity contribution is -0.152. The first kappa shape index (κ1) is 20.6. The van der Waals surface area contributed by atoms with Crippen LogP contribution in [0.4, 0.5) is 5.69 Å². The maximum atomic E-state index is 12.0. The molecule has 0 spiro atoms. The number of hydrogen-bond donors (Lipinski definition) is 2. The minimum Gasteiger partial charge on any atom is -0.452 e. The van der Waals surface area contributed by atoms with Crippen LogP contribution in [0.5, 0.6) is 0 Å². The molecular formula is C16H17BrN2O5S2. The van der Waals surface area contributed by atoms with Gasteiger partial charge in [0.2, 0.25) is 10.0 Å². The lowest BCUT2D eigenvalue weighted by atomic mass is 10.3. The van der Waals surface area contributed by atoms with Gasteiger partial charge in [-0.15, -0.1) is 11.3 Å². The third-order valence-electron chi connectivity index (χ3n) is 3.17. The van der Waals surface area contributed by atoms with Crippen LogP contribution in [-0.4, -0.2) is 32.9 Å². The average Bonchev–Trinajstić information content (AvgIpc) is 3.12. The van der Waals surface area contributed by atoms with Gasteiger partial charge in [-0.2, -0.15) is 0 Å². The van der Waals surface area contributed by atoms with E-state index in [0.717, 1.165) is 15.8 Å². The second kappa shape index (κ2) is 9.26. The Hall–Kier alpha value is -1.75. The second-order valence-electron chi connectivity index (χ2n) is 5.21. The fourth-order valence-corrected chi connectivity index (χ4v) is 4.20. The highest BCUT2D eigenvalue weighted by molar-refractivity contribution is 9.10. The molecule has 2 aromatic rings. The molecule has 1 atom stereocenters. The number of thiophene rings is 1. The number of halogens is 1. The number of ether oxygens (including phenoxy) is 1. The van der Waals surface area contributed by atoms with Gasteiger partial charge in [0.1, 0.15) is 4.21 Å². The highest BCUT2D eigenvalue weighted by Gasteiger charge is 2.19. The molecule has 2 N–H and O–H groups in total. The molecule has 1 heterocycles. The molecule has 1 unspecified atom stereocenters. The third kappa shape index (κ3) is 6.20. The van der Waals surface area contributed by atoms with Crippen LogP contribution < -0.4 is 10.0 Å². The molecule has 2 rings (SSSR count). The molecule has 1 aromatic heterocycles. The molecule has 26 heavy (non-hydrogen) atoms. The minimum atomic E-state index is -3.62. The van der Waals surface area contributed by atoms with Crippen molar-refractivity contribution in [2.75, 3.05) is 11.9 Å². The largest absolute Gasteiger partial charge is 0.452 e. The summed E-state index contributed by atoms with van der Waals surface area (Å²) in [7, 11) is -3.62. The molecule has 0 aliphatic heterocycles. The van der Waals surface area contributed by atoms with E-state index in [4.69, 9.17) is 4.74 Å². The summed E-state index contributed by atoms with van der Waals surface area (Å²) in [6.45, 7) is 1.34. The number of carbonyl (C=O) groups excluding carboxylic acids is 2. The van der Waals surface area contributed by atoms with Crippen LogP contribution in [0.2, 0.25) is 0 Å². The van der Waals surface area contributed by atoms with Gasteiger partial charge in [-0.1, -0.05) is 22.0 Å². The lowest BCUT2D eigenvalue weighted by Gasteiger charge is -2.13. The zero-order valence-corrected chi connectivity index (χ0v) is 17.0. The van der Waals surface area contributed by atoms with Gasteiger partial charge in [-0.3, -0.25) is 9.59 Å². The van der Waals surface area contributed by atoms with Gasteiger partial charge >= 0.3 is 5.97 Å². The first-order valence-corrected chi connectivity index (χ1v) is 10.7. The fraction of sp³-hybridized carbons (Fsp3) is 0.250. The highest BCUT2D eigenvalue weighted by atomic mass is 79.9. The first-order chi connectivity index (χ1) is 12.3. The van der Waals surface area contributed by atoms with Crippen LogP contribution in [-0.2, 0) is 24.3 Å². The normalized spacial score (nSPS) is 12.4. The third-order valence-corrected chi connectivity index (χ3v) is 6.56. The summed E-state index contributed by atoms with van der Waals surface area (Å²) in [4.78, 5) is 23.8. The van der Waals surface area contributed by atoms with E-state index in [1.807, 2.05) is 0 Å². The van der Waals surface area contributed by atoms with Crippen molar-refractivity contribution >= 4 is 54.9 Å². The molecule has 1 amide bonds. The summed E-state index contributed by atoms with van der Waals surface area (Å²) >= 11 is 4.38. The molecule has 0 fully saturated rings. The van der Waals surface area contributed by atoms with E-state index in [1.54, 1.807) is 35.7 Å². The number of hydrogen-bond acceptors (Lipinski definition) is 6. The summed E-state index contributed by atoms with van der Waals surface area (Å²) in [5.41, 5.74) is 0.574. The van der Waals surface area contributed by atoms with Crippen LogP contribution in [0.25, 0.3) is 0 Å². The van der Waals surface area contributed by atoms with Crippen LogP contribution in [0.15, 0.2) is 50.5 Å². The van der Waals surface area contributed by atoms with Gasteiger partial charge in [-0.25, -0.2) is 13.1 Å². The number of nitrogens with one attached hydrogen (secondary N) is 2. The average molecular weight is 461 g/mol. The van der Waals surface area contributed by atoms with Gasteiger partial charge < -0.3 is 10.1 Å². The molecule has 0 saturated heterocycles. The summed E-state index contributed by atoms with van der Waals surface area (Å²) in [6, 6.07) is 10.0. The SMILES string of the molecule is CC(OC(=O)CCNS(=O)(=O)c1cccs1)C(=O)Nc1ccc(Br)cc1. The van der Waals surface area contributed by atoms with Crippen molar-refractivity contribution in [3.8, 4) is 0 Å². The number of sulfonamides is 1. The van der Waals surface area contributed by atoms with Crippen LogP contribution in [0, 0.1) is 0 Å². The first-order valence-electron chi connectivity index (χ1n) is 7.57. The number of benzene rings is 1. The standard InChI is InChI=1S/C16H17BrN2O5S2/c1-11(16(21)19-13-6-4-12(17)5-7-13)24-14(20)8-9-18-26(22,23)15-3-2-10-25-15/h2-7,10-11,18H,8-9H2,1H3,(H,19,21). The van der Waals surface area contributed by atoms with E-state index in [1.165, 1.54) is 13.0 Å². The van der Waals surface area contributed by atoms with E-state index < -0.39 is 28.0 Å². The predicted molar refractivity (Wildman–Crippen MR) is 102 cm³/mol. The molecule has 10 heteroatoms. The van der Waals surface area contributed by atoms with E-state index >= 15 is 0 Å². The number of anilines is 1. The van der Waals surface area contributed by atoms with Gasteiger partial charge in [0, 0.05) is 16.7 Å². The van der Waals surface area contributed by atoms with E-state index in [2.05, 4.69) is 26.0 Å². The topological polar surface area (TPSA) is 102 Å². The molecule has 0 radical (unpaired) electrons. The Kier molecular flexibility index (Phi) is 7.33. The molecule has 0 aliphatic carbocycles. The smallest absolute Gasteiger partial charge is 0.307 e. The number of rotatable bonds is 8. The lowest BCUT2D eigenvalue weighted by Crippen LogP contribution is -2.31. The Morgan fingerprint density at radius 1 is 1.23 bits per heavy atom. The van der Waals surface area contributed by atoms with Crippen LogP contribution in [0.3, 0.4) is 0 Å². The molecule has 0 bridgehead atoms. The van der Waals surface area contributed by atoms with Gasteiger partial charge in [0.15, 0.2) is 6.10 Å². The van der Waals surface area contributed by atoms with Crippen molar-refractivity contribution in [2.24, 2.45) is 0 Å². The van der Waals surface area contributed by atoms with Crippen molar-refractivity contribution in [3.05, 3.63) is 46.3 Å². The van der Waals surface area contributed by atoms with E-state index in [-0.39, 0.29) is 17.2 Å².